The summed E-state index contributed by atoms with van der Waals surface area (Å²) in [6.07, 6.45) is 0.825. The van der Waals surface area contributed by atoms with Crippen LogP contribution in [-0.4, -0.2) is 66.9 Å². The Hall–Kier alpha value is -2.61. The largest absolute Gasteiger partial charge is 0.486 e. The van der Waals surface area contributed by atoms with Crippen molar-refractivity contribution in [3.8, 4) is 11.5 Å². The van der Waals surface area contributed by atoms with Crippen LogP contribution in [0.2, 0.25) is 0 Å². The zero-order valence-corrected chi connectivity index (χ0v) is 20.7. The summed E-state index contributed by atoms with van der Waals surface area (Å²) in [5.41, 5.74) is 5.38. The molecule has 1 saturated heterocycles. The van der Waals surface area contributed by atoms with Crippen LogP contribution in [-0.2, 0) is 4.79 Å². The highest BCUT2D eigenvalue weighted by Crippen LogP contribution is 2.34. The summed E-state index contributed by atoms with van der Waals surface area (Å²) < 4.78 is 11.9. The monoisotopic (exact) mass is 467 g/mol. The lowest BCUT2D eigenvalue weighted by Gasteiger charge is -2.34. The molecule has 2 aromatic rings. The number of piperidine rings is 1. The number of aliphatic hydroxyl groups is 1. The standard InChI is InChI=1S/C27H37N3O4/c1-17-6-5-7-18(2)27(17)29-26(32)15-30-10-8-21(9-11-30)28-14-22(31)25-16-33-23-12-19(3)20(4)13-24(23)34-25/h5-7,12-13,21-22,25,28,31H,8-11,14-16H2,1-4H3,(H,29,32). The second-order valence-electron chi connectivity index (χ2n) is 9.69. The summed E-state index contributed by atoms with van der Waals surface area (Å²) in [4.78, 5) is 14.7. The number of carbonyl (C=O) groups is 1. The van der Waals surface area contributed by atoms with E-state index < -0.39 is 12.2 Å². The van der Waals surface area contributed by atoms with Crippen molar-refractivity contribution in [3.05, 3.63) is 52.6 Å². The molecule has 2 aliphatic heterocycles. The van der Waals surface area contributed by atoms with Crippen LogP contribution in [0.4, 0.5) is 5.69 Å². The number of aliphatic hydroxyl groups excluding tert-OH is 1. The number of amides is 1. The Bertz CT molecular complexity index is 997. The predicted octanol–water partition coefficient (Wildman–Crippen LogP) is 3.11. The maximum Gasteiger partial charge on any atom is 0.238 e. The number of rotatable bonds is 7. The van der Waals surface area contributed by atoms with E-state index in [-0.39, 0.29) is 5.91 Å². The molecule has 0 spiro atoms. The summed E-state index contributed by atoms with van der Waals surface area (Å²) in [6, 6.07) is 10.3. The third kappa shape index (κ3) is 5.90. The molecular weight excluding hydrogens is 430 g/mol. The van der Waals surface area contributed by atoms with Gasteiger partial charge in [-0.05, 0) is 74.9 Å². The number of nitrogens with zero attached hydrogens (tertiary/aromatic N) is 1. The molecule has 2 unspecified atom stereocenters. The molecule has 0 aromatic heterocycles. The maximum atomic E-state index is 12.6. The lowest BCUT2D eigenvalue weighted by molar-refractivity contribution is -0.117. The number of hydrogen-bond donors (Lipinski definition) is 3. The third-order valence-electron chi connectivity index (χ3n) is 6.99. The van der Waals surface area contributed by atoms with E-state index in [1.54, 1.807) is 0 Å². The molecule has 2 heterocycles. The maximum absolute atomic E-state index is 12.6. The highest BCUT2D eigenvalue weighted by molar-refractivity contribution is 5.93. The number of carbonyl (C=O) groups excluding carboxylic acids is 1. The van der Waals surface area contributed by atoms with Crippen molar-refractivity contribution >= 4 is 11.6 Å². The van der Waals surface area contributed by atoms with Gasteiger partial charge in [0.25, 0.3) is 0 Å². The zero-order chi connectivity index (χ0) is 24.2. The van der Waals surface area contributed by atoms with Gasteiger partial charge in [0, 0.05) is 31.4 Å². The van der Waals surface area contributed by atoms with Gasteiger partial charge in [0.2, 0.25) is 5.91 Å². The van der Waals surface area contributed by atoms with Crippen molar-refractivity contribution in [2.75, 3.05) is 38.1 Å². The fourth-order valence-electron chi connectivity index (χ4n) is 4.63. The molecule has 1 amide bonds. The van der Waals surface area contributed by atoms with E-state index in [9.17, 15) is 9.90 Å². The van der Waals surface area contributed by atoms with Crippen LogP contribution < -0.4 is 20.1 Å². The Kier molecular flexibility index (Phi) is 7.76. The molecule has 1 fully saturated rings. The fourth-order valence-corrected chi connectivity index (χ4v) is 4.63. The Labute approximate surface area is 202 Å². The highest BCUT2D eigenvalue weighted by atomic mass is 16.6. The zero-order valence-electron chi connectivity index (χ0n) is 20.7. The summed E-state index contributed by atoms with van der Waals surface area (Å²) in [5, 5.41) is 17.2. The first-order chi connectivity index (χ1) is 16.3. The van der Waals surface area contributed by atoms with Crippen LogP contribution in [0.25, 0.3) is 0 Å². The van der Waals surface area contributed by atoms with E-state index in [0.29, 0.717) is 31.5 Å². The predicted molar refractivity (Wildman–Crippen MR) is 134 cm³/mol. The van der Waals surface area contributed by atoms with Crippen LogP contribution in [0, 0.1) is 27.7 Å². The van der Waals surface area contributed by atoms with E-state index in [4.69, 9.17) is 9.47 Å². The number of anilines is 1. The quantitative estimate of drug-likeness (QED) is 0.581. The molecule has 7 heteroatoms. The Morgan fingerprint density at radius 1 is 1.06 bits per heavy atom. The van der Waals surface area contributed by atoms with Gasteiger partial charge < -0.3 is 25.2 Å². The molecule has 0 radical (unpaired) electrons. The van der Waals surface area contributed by atoms with Crippen LogP contribution in [0.5, 0.6) is 11.5 Å². The van der Waals surface area contributed by atoms with Crippen LogP contribution >= 0.6 is 0 Å². The number of benzene rings is 2. The molecule has 2 atom stereocenters. The average Bonchev–Trinajstić information content (AvgIpc) is 2.81. The average molecular weight is 468 g/mol. The molecule has 0 aliphatic carbocycles. The number of hydrogen-bond acceptors (Lipinski definition) is 6. The Morgan fingerprint density at radius 2 is 1.71 bits per heavy atom. The van der Waals surface area contributed by atoms with Crippen molar-refractivity contribution in [2.45, 2.75) is 58.8 Å². The van der Waals surface area contributed by atoms with Gasteiger partial charge in [-0.3, -0.25) is 9.69 Å². The molecule has 2 aromatic carbocycles. The van der Waals surface area contributed by atoms with Crippen LogP contribution in [0.3, 0.4) is 0 Å². The van der Waals surface area contributed by atoms with E-state index in [1.165, 1.54) is 0 Å². The summed E-state index contributed by atoms with van der Waals surface area (Å²) in [6.45, 7) is 11.0. The lowest BCUT2D eigenvalue weighted by Crippen LogP contribution is -2.50. The van der Waals surface area contributed by atoms with Gasteiger partial charge in [-0.2, -0.15) is 0 Å². The lowest BCUT2D eigenvalue weighted by atomic mass is 10.0. The van der Waals surface area contributed by atoms with Gasteiger partial charge in [-0.1, -0.05) is 18.2 Å². The van der Waals surface area contributed by atoms with Gasteiger partial charge in [0.1, 0.15) is 12.7 Å². The molecule has 2 aliphatic rings. The molecule has 0 saturated carbocycles. The van der Waals surface area contributed by atoms with Gasteiger partial charge in [0.05, 0.1) is 6.54 Å². The minimum atomic E-state index is -0.657. The smallest absolute Gasteiger partial charge is 0.238 e. The number of ether oxygens (including phenoxy) is 2. The van der Waals surface area contributed by atoms with Gasteiger partial charge in [-0.15, -0.1) is 0 Å². The van der Waals surface area contributed by atoms with Crippen LogP contribution in [0.15, 0.2) is 30.3 Å². The second-order valence-corrected chi connectivity index (χ2v) is 9.69. The van der Waals surface area contributed by atoms with Crippen LogP contribution in [0.1, 0.15) is 35.1 Å². The third-order valence-corrected chi connectivity index (χ3v) is 6.99. The van der Waals surface area contributed by atoms with Crippen molar-refractivity contribution in [1.29, 1.82) is 0 Å². The highest BCUT2D eigenvalue weighted by Gasteiger charge is 2.29. The van der Waals surface area contributed by atoms with Crippen molar-refractivity contribution in [3.63, 3.8) is 0 Å². The summed E-state index contributed by atoms with van der Waals surface area (Å²) in [5.74, 6) is 1.47. The number of nitrogens with one attached hydrogen (secondary N) is 2. The second kappa shape index (κ2) is 10.8. The minimum Gasteiger partial charge on any atom is -0.486 e. The van der Waals surface area contributed by atoms with Gasteiger partial charge >= 0.3 is 0 Å². The first-order valence-corrected chi connectivity index (χ1v) is 12.2. The molecule has 4 rings (SSSR count). The van der Waals surface area contributed by atoms with Crippen molar-refractivity contribution in [1.82, 2.24) is 10.2 Å². The molecule has 0 bridgehead atoms. The van der Waals surface area contributed by atoms with E-state index in [0.717, 1.165) is 59.6 Å². The number of likely N-dealkylation sites (tertiary alicyclic amines) is 1. The summed E-state index contributed by atoms with van der Waals surface area (Å²) >= 11 is 0. The normalized spacial score (nSPS) is 19.6. The Balaban J connectivity index is 1.19. The first-order valence-electron chi connectivity index (χ1n) is 12.2. The van der Waals surface area contributed by atoms with E-state index >= 15 is 0 Å². The van der Waals surface area contributed by atoms with E-state index in [1.807, 2.05) is 58.0 Å². The minimum absolute atomic E-state index is 0.0272. The SMILES string of the molecule is Cc1cc2c(cc1C)OC(C(O)CNC1CCN(CC(=O)Nc3c(C)cccc3C)CC1)CO2. The van der Waals surface area contributed by atoms with Gasteiger partial charge in [0.15, 0.2) is 17.6 Å². The van der Waals surface area contributed by atoms with E-state index in [2.05, 4.69) is 15.5 Å². The van der Waals surface area contributed by atoms with Gasteiger partial charge in [-0.25, -0.2) is 0 Å². The number of aryl methyl sites for hydroxylation is 4. The Morgan fingerprint density at radius 3 is 2.38 bits per heavy atom. The molecular formula is C27H37N3O4. The number of para-hydroxylation sites is 1. The number of fused-ring (bicyclic) bond motifs is 1. The molecule has 3 N–H and O–H groups in total. The molecule has 184 valence electrons. The summed E-state index contributed by atoms with van der Waals surface area (Å²) in [7, 11) is 0. The van der Waals surface area contributed by atoms with Crippen molar-refractivity contribution in [2.24, 2.45) is 0 Å². The molecule has 34 heavy (non-hydrogen) atoms. The van der Waals surface area contributed by atoms with Crippen molar-refractivity contribution < 1.29 is 19.4 Å². The topological polar surface area (TPSA) is 83.1 Å². The fraction of sp³-hybridized carbons (Fsp3) is 0.519. The first kappa shape index (κ1) is 24.5. The molecule has 7 nitrogen and oxygen atoms in total.